The van der Waals surface area contributed by atoms with Crippen LogP contribution in [0.5, 0.6) is 0 Å². The average Bonchev–Trinajstić information content (AvgIpc) is 2.69. The van der Waals surface area contributed by atoms with Gasteiger partial charge in [-0.25, -0.2) is 4.79 Å². The fourth-order valence-corrected chi connectivity index (χ4v) is 1.52. The summed E-state index contributed by atoms with van der Waals surface area (Å²) in [4.78, 5) is 22.7. The van der Waals surface area contributed by atoms with Crippen molar-refractivity contribution in [2.45, 2.75) is 33.2 Å². The summed E-state index contributed by atoms with van der Waals surface area (Å²) in [6, 6.07) is -0.595. The van der Waals surface area contributed by atoms with E-state index in [4.69, 9.17) is 10.8 Å². The van der Waals surface area contributed by atoms with Crippen molar-refractivity contribution in [3.8, 4) is 0 Å². The molecule has 0 spiro atoms. The molecule has 0 saturated heterocycles. The molecule has 0 fully saturated rings. The van der Waals surface area contributed by atoms with E-state index in [9.17, 15) is 9.59 Å². The number of nitrogens with zero attached hydrogens (tertiary/aromatic N) is 2. The number of aromatic nitrogens is 2. The fourth-order valence-electron chi connectivity index (χ4n) is 1.52. The maximum atomic E-state index is 11.9. The van der Waals surface area contributed by atoms with Gasteiger partial charge >= 0.3 is 5.97 Å². The summed E-state index contributed by atoms with van der Waals surface area (Å²) in [7, 11) is 0. The van der Waals surface area contributed by atoms with E-state index in [1.807, 2.05) is 0 Å². The van der Waals surface area contributed by atoms with Crippen LogP contribution in [-0.4, -0.2) is 33.3 Å². The lowest BCUT2D eigenvalue weighted by atomic mass is 10.1. The minimum absolute atomic E-state index is 0.0503. The van der Waals surface area contributed by atoms with Gasteiger partial charge in [-0.3, -0.25) is 9.48 Å². The second kappa shape index (κ2) is 6.21. The molecule has 0 aliphatic carbocycles. The molecule has 1 rings (SSSR count). The van der Waals surface area contributed by atoms with Crippen LogP contribution in [0.1, 0.15) is 43.7 Å². The molecule has 1 unspecified atom stereocenters. The summed E-state index contributed by atoms with van der Waals surface area (Å²) >= 11 is 0. The lowest BCUT2D eigenvalue weighted by molar-refractivity contribution is -0.124. The van der Waals surface area contributed by atoms with Crippen LogP contribution in [-0.2, 0) is 4.79 Å². The Kier molecular flexibility index (Phi) is 4.91. The number of carboxylic acids is 1. The molecule has 0 aliphatic heterocycles. The van der Waals surface area contributed by atoms with Crippen LogP contribution in [0.3, 0.4) is 0 Å². The Morgan fingerprint density at radius 1 is 1.47 bits per heavy atom. The molecule has 0 saturated carbocycles. The number of anilines is 1. The van der Waals surface area contributed by atoms with Crippen molar-refractivity contribution in [2.75, 3.05) is 12.3 Å². The van der Waals surface area contributed by atoms with Gasteiger partial charge in [0, 0.05) is 12.7 Å². The third-order valence-electron chi connectivity index (χ3n) is 2.76. The smallest absolute Gasteiger partial charge is 0.358 e. The zero-order chi connectivity index (χ0) is 14.6. The van der Waals surface area contributed by atoms with Gasteiger partial charge in [-0.1, -0.05) is 13.8 Å². The number of carbonyl (C=O) groups is 2. The molecule has 1 amide bonds. The van der Waals surface area contributed by atoms with E-state index in [-0.39, 0.29) is 17.3 Å². The number of amides is 1. The number of carboxylic acid groups (broad SMARTS) is 1. The summed E-state index contributed by atoms with van der Waals surface area (Å²) < 4.78 is 1.27. The van der Waals surface area contributed by atoms with Gasteiger partial charge < -0.3 is 16.2 Å². The molecule has 1 heterocycles. The van der Waals surface area contributed by atoms with Gasteiger partial charge in [0.25, 0.3) is 0 Å². The van der Waals surface area contributed by atoms with Crippen LogP contribution in [0, 0.1) is 5.92 Å². The summed E-state index contributed by atoms with van der Waals surface area (Å²) in [5, 5.41) is 15.4. The molecular formula is C12H20N4O3. The zero-order valence-electron chi connectivity index (χ0n) is 11.4. The molecule has 7 heteroatoms. The first-order valence-electron chi connectivity index (χ1n) is 6.18. The van der Waals surface area contributed by atoms with Crippen LogP contribution in [0.25, 0.3) is 0 Å². The van der Waals surface area contributed by atoms with E-state index in [0.717, 1.165) is 6.42 Å². The normalized spacial score (nSPS) is 12.4. The zero-order valence-corrected chi connectivity index (χ0v) is 11.4. The van der Waals surface area contributed by atoms with Crippen LogP contribution < -0.4 is 11.1 Å². The van der Waals surface area contributed by atoms with E-state index in [2.05, 4.69) is 24.3 Å². The third kappa shape index (κ3) is 3.97. The van der Waals surface area contributed by atoms with Gasteiger partial charge in [0.1, 0.15) is 6.04 Å². The van der Waals surface area contributed by atoms with Gasteiger partial charge in [-0.15, -0.1) is 0 Å². The Morgan fingerprint density at radius 2 is 2.11 bits per heavy atom. The molecule has 0 aliphatic rings. The van der Waals surface area contributed by atoms with Crippen molar-refractivity contribution >= 4 is 17.6 Å². The summed E-state index contributed by atoms with van der Waals surface area (Å²) in [6.07, 6.45) is 2.25. The van der Waals surface area contributed by atoms with E-state index in [1.165, 1.54) is 10.9 Å². The third-order valence-corrected chi connectivity index (χ3v) is 2.76. The first-order chi connectivity index (χ1) is 8.82. The summed E-state index contributed by atoms with van der Waals surface area (Å²) in [6.45, 7) is 6.37. The highest BCUT2D eigenvalue weighted by Gasteiger charge is 2.20. The molecule has 1 aromatic heterocycles. The van der Waals surface area contributed by atoms with Crippen LogP contribution in [0.4, 0.5) is 5.69 Å². The maximum absolute atomic E-state index is 11.9. The van der Waals surface area contributed by atoms with Gasteiger partial charge in [0.15, 0.2) is 5.69 Å². The topological polar surface area (TPSA) is 110 Å². The molecular weight excluding hydrogens is 248 g/mol. The predicted molar refractivity (Wildman–Crippen MR) is 70.8 cm³/mol. The van der Waals surface area contributed by atoms with E-state index in [0.29, 0.717) is 12.5 Å². The number of rotatable bonds is 6. The number of hydrogen-bond acceptors (Lipinski definition) is 4. The van der Waals surface area contributed by atoms with Gasteiger partial charge in [0.2, 0.25) is 5.91 Å². The van der Waals surface area contributed by atoms with Crippen molar-refractivity contribution in [2.24, 2.45) is 5.92 Å². The highest BCUT2D eigenvalue weighted by molar-refractivity contribution is 5.91. The van der Waals surface area contributed by atoms with E-state index < -0.39 is 12.0 Å². The Hall–Kier alpha value is -2.05. The Labute approximate surface area is 111 Å². The quantitative estimate of drug-likeness (QED) is 0.709. The van der Waals surface area contributed by atoms with Crippen molar-refractivity contribution in [1.82, 2.24) is 15.1 Å². The second-order valence-corrected chi connectivity index (χ2v) is 4.87. The Balaban J connectivity index is 2.66. The summed E-state index contributed by atoms with van der Waals surface area (Å²) in [5.41, 5.74) is 5.34. The van der Waals surface area contributed by atoms with Crippen molar-refractivity contribution in [3.05, 3.63) is 11.9 Å². The molecule has 0 radical (unpaired) electrons. The SMILES string of the molecule is CC(C)CCNC(=O)C(C)n1cc(N)c(C(=O)O)n1. The standard InChI is InChI=1S/C12H20N4O3/c1-7(2)4-5-14-11(17)8(3)16-6-9(13)10(15-16)12(18)19/h6-8H,4-5,13H2,1-3H3,(H,14,17)(H,18,19). The van der Waals surface area contributed by atoms with Gasteiger partial charge in [0.05, 0.1) is 5.69 Å². The van der Waals surface area contributed by atoms with Gasteiger partial charge in [-0.05, 0) is 19.3 Å². The molecule has 0 bridgehead atoms. The maximum Gasteiger partial charge on any atom is 0.358 e. The molecule has 1 aromatic rings. The Bertz CT molecular complexity index is 468. The number of nitrogens with one attached hydrogen (secondary N) is 1. The second-order valence-electron chi connectivity index (χ2n) is 4.87. The van der Waals surface area contributed by atoms with Crippen molar-refractivity contribution < 1.29 is 14.7 Å². The van der Waals surface area contributed by atoms with Gasteiger partial charge in [-0.2, -0.15) is 5.10 Å². The number of nitrogens with two attached hydrogens (primary N) is 1. The van der Waals surface area contributed by atoms with Crippen LogP contribution >= 0.6 is 0 Å². The molecule has 19 heavy (non-hydrogen) atoms. The number of nitrogen functional groups attached to an aromatic ring is 1. The number of aromatic carboxylic acids is 1. The van der Waals surface area contributed by atoms with Crippen molar-refractivity contribution in [3.63, 3.8) is 0 Å². The minimum atomic E-state index is -1.20. The van der Waals surface area contributed by atoms with Crippen LogP contribution in [0.15, 0.2) is 6.20 Å². The number of carbonyl (C=O) groups excluding carboxylic acids is 1. The minimum Gasteiger partial charge on any atom is -0.476 e. The first-order valence-corrected chi connectivity index (χ1v) is 6.18. The fraction of sp³-hybridized carbons (Fsp3) is 0.583. The van der Waals surface area contributed by atoms with Crippen LogP contribution in [0.2, 0.25) is 0 Å². The molecule has 1 atom stereocenters. The molecule has 106 valence electrons. The average molecular weight is 268 g/mol. The largest absolute Gasteiger partial charge is 0.476 e. The lowest BCUT2D eigenvalue weighted by Gasteiger charge is -2.13. The lowest BCUT2D eigenvalue weighted by Crippen LogP contribution is -2.32. The van der Waals surface area contributed by atoms with E-state index in [1.54, 1.807) is 6.92 Å². The Morgan fingerprint density at radius 3 is 2.58 bits per heavy atom. The summed E-state index contributed by atoms with van der Waals surface area (Å²) in [5.74, 6) is -0.904. The molecule has 7 nitrogen and oxygen atoms in total. The highest BCUT2D eigenvalue weighted by Crippen LogP contribution is 2.13. The predicted octanol–water partition coefficient (Wildman–Crippen LogP) is 0.887. The molecule has 4 N–H and O–H groups in total. The first kappa shape index (κ1) is 15.0. The van der Waals surface area contributed by atoms with Crippen molar-refractivity contribution in [1.29, 1.82) is 0 Å². The van der Waals surface area contributed by atoms with E-state index >= 15 is 0 Å². The monoisotopic (exact) mass is 268 g/mol. The molecule has 0 aromatic carbocycles. The highest BCUT2D eigenvalue weighted by atomic mass is 16.4. The number of hydrogen-bond donors (Lipinski definition) is 3.